The van der Waals surface area contributed by atoms with E-state index in [-0.39, 0.29) is 12.2 Å². The zero-order chi connectivity index (χ0) is 15.9. The van der Waals surface area contributed by atoms with Crippen molar-refractivity contribution in [1.82, 2.24) is 0 Å². The van der Waals surface area contributed by atoms with Crippen LogP contribution in [0.25, 0.3) is 0 Å². The number of rotatable bonds is 7. The quantitative estimate of drug-likeness (QED) is 0.822. The number of carbonyl (C=O) groups is 1. The number of hydrogen-bond acceptors (Lipinski definition) is 4. The van der Waals surface area contributed by atoms with E-state index in [1.54, 1.807) is 13.0 Å². The lowest BCUT2D eigenvalue weighted by atomic mass is 10.2. The molecule has 0 spiro atoms. The van der Waals surface area contributed by atoms with Crippen molar-refractivity contribution in [3.05, 3.63) is 59.7 Å². The Morgan fingerprint density at radius 2 is 1.82 bits per heavy atom. The summed E-state index contributed by atoms with van der Waals surface area (Å²) in [5.41, 5.74) is 1.06. The van der Waals surface area contributed by atoms with E-state index in [9.17, 15) is 4.79 Å². The SMILES string of the molecule is C[C@@H](CO)Oc1cc(OCc2ccccc2)cc(C(=O)O)c1. The van der Waals surface area contributed by atoms with Gasteiger partial charge in [0, 0.05) is 6.07 Å². The van der Waals surface area contributed by atoms with Gasteiger partial charge in [0.1, 0.15) is 24.2 Å². The lowest BCUT2D eigenvalue weighted by molar-refractivity contribution is 0.0695. The van der Waals surface area contributed by atoms with E-state index in [0.717, 1.165) is 5.56 Å². The topological polar surface area (TPSA) is 76.0 Å². The second-order valence-corrected chi connectivity index (χ2v) is 4.88. The van der Waals surface area contributed by atoms with Gasteiger partial charge < -0.3 is 19.7 Å². The van der Waals surface area contributed by atoms with Gasteiger partial charge in [-0.25, -0.2) is 4.79 Å². The molecule has 0 bridgehead atoms. The zero-order valence-electron chi connectivity index (χ0n) is 12.2. The summed E-state index contributed by atoms with van der Waals surface area (Å²) in [4.78, 5) is 11.2. The average Bonchev–Trinajstić information content (AvgIpc) is 2.53. The van der Waals surface area contributed by atoms with Crippen molar-refractivity contribution in [1.29, 1.82) is 0 Å². The molecule has 0 amide bonds. The lowest BCUT2D eigenvalue weighted by Gasteiger charge is -2.14. The normalized spacial score (nSPS) is 11.7. The largest absolute Gasteiger partial charge is 0.489 e. The van der Waals surface area contributed by atoms with Crippen LogP contribution in [-0.2, 0) is 6.61 Å². The summed E-state index contributed by atoms with van der Waals surface area (Å²) in [6.45, 7) is 1.87. The molecule has 0 aliphatic heterocycles. The van der Waals surface area contributed by atoms with Gasteiger partial charge in [-0.15, -0.1) is 0 Å². The molecule has 22 heavy (non-hydrogen) atoms. The molecular weight excluding hydrogens is 284 g/mol. The Bertz CT molecular complexity index is 624. The van der Waals surface area contributed by atoms with Crippen LogP contribution in [0, 0.1) is 0 Å². The Labute approximate surface area is 128 Å². The predicted octanol–water partition coefficient (Wildman–Crippen LogP) is 2.72. The van der Waals surface area contributed by atoms with Crippen LogP contribution in [-0.4, -0.2) is 28.9 Å². The number of carboxylic acids is 1. The second kappa shape index (κ2) is 7.47. The summed E-state index contributed by atoms with van der Waals surface area (Å²) in [5.74, 6) is -0.305. The second-order valence-electron chi connectivity index (χ2n) is 4.88. The van der Waals surface area contributed by atoms with Gasteiger partial charge in [-0.2, -0.15) is 0 Å². The monoisotopic (exact) mass is 302 g/mol. The molecule has 0 fully saturated rings. The van der Waals surface area contributed by atoms with E-state index >= 15 is 0 Å². The minimum absolute atomic E-state index is 0.0747. The Balaban J connectivity index is 2.16. The third-order valence-corrected chi connectivity index (χ3v) is 2.97. The maximum absolute atomic E-state index is 11.2. The molecule has 0 heterocycles. The van der Waals surface area contributed by atoms with Crippen molar-refractivity contribution in [3.63, 3.8) is 0 Å². The molecule has 2 rings (SSSR count). The van der Waals surface area contributed by atoms with Crippen molar-refractivity contribution in [3.8, 4) is 11.5 Å². The number of carboxylic acid groups (broad SMARTS) is 1. The Morgan fingerprint density at radius 3 is 2.45 bits per heavy atom. The van der Waals surface area contributed by atoms with Gasteiger partial charge >= 0.3 is 5.97 Å². The molecule has 116 valence electrons. The van der Waals surface area contributed by atoms with Crippen molar-refractivity contribution in [2.45, 2.75) is 19.6 Å². The first-order chi connectivity index (χ1) is 10.6. The van der Waals surface area contributed by atoms with Crippen molar-refractivity contribution >= 4 is 5.97 Å². The summed E-state index contributed by atoms with van der Waals surface area (Å²) in [7, 11) is 0. The highest BCUT2D eigenvalue weighted by Gasteiger charge is 2.11. The Hall–Kier alpha value is -2.53. The number of aromatic carboxylic acids is 1. The smallest absolute Gasteiger partial charge is 0.335 e. The van der Waals surface area contributed by atoms with Crippen LogP contribution in [0.5, 0.6) is 11.5 Å². The van der Waals surface area contributed by atoms with Crippen LogP contribution in [0.1, 0.15) is 22.8 Å². The molecule has 0 saturated heterocycles. The third-order valence-electron chi connectivity index (χ3n) is 2.97. The molecule has 0 radical (unpaired) electrons. The minimum Gasteiger partial charge on any atom is -0.489 e. The van der Waals surface area contributed by atoms with Gasteiger partial charge in [0.05, 0.1) is 12.2 Å². The molecule has 5 heteroatoms. The molecule has 0 aliphatic carbocycles. The fraction of sp³-hybridized carbons (Fsp3) is 0.235. The van der Waals surface area contributed by atoms with Crippen molar-refractivity contribution in [2.24, 2.45) is 0 Å². The van der Waals surface area contributed by atoms with Gasteiger partial charge in [0.25, 0.3) is 0 Å². The molecule has 0 saturated carbocycles. The first-order valence-electron chi connectivity index (χ1n) is 6.91. The molecule has 0 aromatic heterocycles. The highest BCUT2D eigenvalue weighted by molar-refractivity contribution is 5.88. The average molecular weight is 302 g/mol. The zero-order valence-corrected chi connectivity index (χ0v) is 12.2. The standard InChI is InChI=1S/C17H18O5/c1-12(10-18)22-16-8-14(17(19)20)7-15(9-16)21-11-13-5-3-2-4-6-13/h2-9,12,18H,10-11H2,1H3,(H,19,20)/t12-/m0/s1. The molecule has 0 aliphatic rings. The lowest BCUT2D eigenvalue weighted by Crippen LogP contribution is -2.16. The molecule has 2 aromatic rings. The fourth-order valence-corrected chi connectivity index (χ4v) is 1.86. The highest BCUT2D eigenvalue weighted by Crippen LogP contribution is 2.25. The van der Waals surface area contributed by atoms with E-state index in [1.807, 2.05) is 30.3 Å². The van der Waals surface area contributed by atoms with E-state index < -0.39 is 12.1 Å². The number of aliphatic hydroxyl groups excluding tert-OH is 1. The van der Waals surface area contributed by atoms with Crippen LogP contribution in [0.4, 0.5) is 0 Å². The summed E-state index contributed by atoms with van der Waals surface area (Å²) in [6, 6.07) is 14.0. The first-order valence-corrected chi connectivity index (χ1v) is 6.91. The molecule has 0 unspecified atom stereocenters. The molecule has 2 N–H and O–H groups in total. The van der Waals surface area contributed by atoms with Gasteiger partial charge in [0.15, 0.2) is 0 Å². The predicted molar refractivity (Wildman–Crippen MR) is 81.4 cm³/mol. The van der Waals surface area contributed by atoms with Crippen LogP contribution in [0.15, 0.2) is 48.5 Å². The number of aliphatic hydroxyl groups is 1. The van der Waals surface area contributed by atoms with Crippen molar-refractivity contribution in [2.75, 3.05) is 6.61 Å². The summed E-state index contributed by atoms with van der Waals surface area (Å²) in [5, 5.41) is 18.2. The Kier molecular flexibility index (Phi) is 5.38. The van der Waals surface area contributed by atoms with Gasteiger partial charge in [-0.3, -0.25) is 0 Å². The van der Waals surface area contributed by atoms with Crippen molar-refractivity contribution < 1.29 is 24.5 Å². The van der Waals surface area contributed by atoms with Crippen LogP contribution < -0.4 is 9.47 Å². The van der Waals surface area contributed by atoms with Crippen LogP contribution in [0.3, 0.4) is 0 Å². The van der Waals surface area contributed by atoms with Crippen LogP contribution >= 0.6 is 0 Å². The number of ether oxygens (including phenoxy) is 2. The molecule has 5 nitrogen and oxygen atoms in total. The Morgan fingerprint density at radius 1 is 1.14 bits per heavy atom. The minimum atomic E-state index is -1.06. The summed E-state index contributed by atoms with van der Waals surface area (Å²) >= 11 is 0. The van der Waals surface area contributed by atoms with E-state index in [2.05, 4.69) is 0 Å². The molecular formula is C17H18O5. The van der Waals surface area contributed by atoms with Gasteiger partial charge in [-0.05, 0) is 24.6 Å². The summed E-state index contributed by atoms with van der Waals surface area (Å²) in [6.07, 6.45) is -0.425. The number of benzene rings is 2. The highest BCUT2D eigenvalue weighted by atomic mass is 16.5. The molecule has 2 aromatic carbocycles. The third kappa shape index (κ3) is 4.49. The number of hydrogen-bond donors (Lipinski definition) is 2. The van der Waals surface area contributed by atoms with E-state index in [1.165, 1.54) is 12.1 Å². The maximum atomic E-state index is 11.2. The summed E-state index contributed by atoms with van der Waals surface area (Å²) < 4.78 is 11.1. The van der Waals surface area contributed by atoms with Gasteiger partial charge in [0.2, 0.25) is 0 Å². The van der Waals surface area contributed by atoms with Crippen LogP contribution in [0.2, 0.25) is 0 Å². The van der Waals surface area contributed by atoms with E-state index in [0.29, 0.717) is 18.1 Å². The van der Waals surface area contributed by atoms with E-state index in [4.69, 9.17) is 19.7 Å². The first kappa shape index (κ1) is 15.9. The maximum Gasteiger partial charge on any atom is 0.335 e. The fourth-order valence-electron chi connectivity index (χ4n) is 1.86. The molecule has 1 atom stereocenters. The van der Waals surface area contributed by atoms with Gasteiger partial charge in [-0.1, -0.05) is 30.3 Å².